The van der Waals surface area contributed by atoms with Gasteiger partial charge >= 0.3 is 0 Å². The van der Waals surface area contributed by atoms with Crippen molar-refractivity contribution in [3.05, 3.63) is 388 Å². The van der Waals surface area contributed by atoms with Crippen molar-refractivity contribution < 1.29 is 49.0 Å². The van der Waals surface area contributed by atoms with E-state index in [0.717, 1.165) is 33.4 Å². The Morgan fingerprint density at radius 2 is 0.656 bits per heavy atom. The third-order valence-corrected chi connectivity index (χ3v) is 18.3. The van der Waals surface area contributed by atoms with Crippen LogP contribution in [0.25, 0.3) is 56.7 Å². The lowest BCUT2D eigenvalue weighted by molar-refractivity contribution is 0.416. The fraction of sp³-hybridized carbons (Fsp3) is 0.0238. The van der Waals surface area contributed by atoms with Gasteiger partial charge in [0.05, 0.1) is 10.8 Å². The lowest BCUT2D eigenvalue weighted by Gasteiger charge is -2.36. The third-order valence-electron chi connectivity index (χ3n) is 18.3. The van der Waals surface area contributed by atoms with Crippen LogP contribution >= 0.6 is 0 Å². The number of nitrogens with zero attached hydrogens (tertiary/aromatic N) is 1. The first-order valence-corrected chi connectivity index (χ1v) is 30.6. The number of ether oxygens (including phenoxy) is 2. The highest BCUT2D eigenvalue weighted by Crippen LogP contribution is 2.61. The zero-order valence-corrected chi connectivity index (χ0v) is 50.6. The van der Waals surface area contributed by atoms with Gasteiger partial charge in [-0.25, -0.2) is 39.5 Å². The van der Waals surface area contributed by atoms with Gasteiger partial charge in [0.25, 0.3) is 0 Å². The van der Waals surface area contributed by atoms with Gasteiger partial charge in [0.15, 0.2) is 34.9 Å². The molecule has 0 saturated carbocycles. The lowest BCUT2D eigenvalue weighted by Crippen LogP contribution is -2.32. The summed E-state index contributed by atoms with van der Waals surface area (Å²) in [6, 6.07) is 73.8. The maximum atomic E-state index is 17.4. The first-order valence-electron chi connectivity index (χ1n) is 30.6. The summed E-state index contributed by atoms with van der Waals surface area (Å²) in [6.07, 6.45) is 3.38. The summed E-state index contributed by atoms with van der Waals surface area (Å²) in [5.74, 6) is -12.2. The minimum atomic E-state index is -2.07. The molecule has 2 aliphatic rings. The van der Waals surface area contributed by atoms with Gasteiger partial charge in [0.1, 0.15) is 40.4 Å². The predicted molar refractivity (Wildman–Crippen MR) is 359 cm³/mol. The van der Waals surface area contributed by atoms with Crippen molar-refractivity contribution >= 4 is 29.2 Å². The van der Waals surface area contributed by atoms with E-state index in [1.54, 1.807) is 182 Å². The van der Waals surface area contributed by atoms with Crippen LogP contribution in [-0.2, 0) is 10.8 Å². The van der Waals surface area contributed by atoms with Crippen LogP contribution in [0.4, 0.5) is 56.6 Å². The maximum Gasteiger partial charge on any atom is 0.194 e. The molecule has 12 heteroatoms. The van der Waals surface area contributed by atoms with Crippen LogP contribution in [-0.4, -0.2) is 0 Å². The van der Waals surface area contributed by atoms with Gasteiger partial charge in [-0.15, -0.1) is 0 Å². The zero-order valence-electron chi connectivity index (χ0n) is 50.6. The van der Waals surface area contributed by atoms with Crippen LogP contribution in [0, 0.1) is 52.4 Å². The van der Waals surface area contributed by atoms with Gasteiger partial charge in [0.2, 0.25) is 0 Å². The average Bonchev–Trinajstić information content (AvgIpc) is 1.57. The largest absolute Gasteiger partial charge is 0.457 e. The number of anilines is 3. The number of benzene rings is 13. The van der Waals surface area contributed by atoms with Gasteiger partial charge in [-0.2, -0.15) is 0 Å². The minimum Gasteiger partial charge on any atom is -0.457 e. The van der Waals surface area contributed by atoms with E-state index in [2.05, 4.69) is 13.2 Å². The maximum absolute atomic E-state index is 17.4. The fourth-order valence-electron chi connectivity index (χ4n) is 14.0. The molecule has 0 bridgehead atoms. The molecule has 13 aromatic carbocycles. The number of fused-ring (bicyclic) bond motifs is 6. The average molecular weight is 1280 g/mol. The zero-order chi connectivity index (χ0) is 66.1. The molecular weight excluding hydrogens is 1230 g/mol. The van der Waals surface area contributed by atoms with E-state index >= 15 is 35.1 Å². The molecule has 96 heavy (non-hydrogen) atoms. The molecule has 0 radical (unpaired) electrons. The summed E-state index contributed by atoms with van der Waals surface area (Å²) < 4.78 is 160. The first-order chi connectivity index (χ1) is 46.7. The molecule has 0 aliphatic heterocycles. The number of hydrogen-bond acceptors (Lipinski definition) is 3. The molecule has 3 nitrogen and oxygen atoms in total. The second-order valence-corrected chi connectivity index (χ2v) is 23.5. The van der Waals surface area contributed by atoms with Crippen molar-refractivity contribution in [3.8, 4) is 67.5 Å². The van der Waals surface area contributed by atoms with Crippen LogP contribution in [0.15, 0.2) is 280 Å². The van der Waals surface area contributed by atoms with Crippen molar-refractivity contribution in [2.75, 3.05) is 4.90 Å². The van der Waals surface area contributed by atoms with E-state index in [9.17, 15) is 4.39 Å². The fourth-order valence-corrected chi connectivity index (χ4v) is 14.0. The monoisotopic (exact) mass is 1280 g/mol. The summed E-state index contributed by atoms with van der Waals surface area (Å²) in [5, 5.41) is 0. The number of rotatable bonds is 15. The van der Waals surface area contributed by atoms with Gasteiger partial charge in [-0.1, -0.05) is 177 Å². The Kier molecular flexibility index (Phi) is 15.0. The molecule has 15 rings (SSSR count). The van der Waals surface area contributed by atoms with E-state index in [-0.39, 0.29) is 28.1 Å². The molecule has 0 amide bonds. The predicted octanol–water partition coefficient (Wildman–Crippen LogP) is 23.3. The van der Waals surface area contributed by atoms with Crippen molar-refractivity contribution in [2.24, 2.45) is 0 Å². The summed E-state index contributed by atoms with van der Waals surface area (Å²) in [5.41, 5.74) is 4.08. The van der Waals surface area contributed by atoms with E-state index < -0.39 is 68.5 Å². The van der Waals surface area contributed by atoms with Crippen LogP contribution in [0.1, 0.15) is 55.6 Å². The van der Waals surface area contributed by atoms with Crippen molar-refractivity contribution in [1.29, 1.82) is 0 Å². The van der Waals surface area contributed by atoms with Gasteiger partial charge in [-0.05, 0) is 192 Å². The molecule has 0 saturated heterocycles. The SMILES string of the molecule is C=Cc1ccc(Oc2ccc(C3(c4c(F)cc(F)c(F)c4F)c4ccccc4-c4ccc(N(c5ccc(-c6cccc(-c7ccc(F)cc7)c6)cc5)c5ccc6c(c5)C(c5ccc(Oc7ccc(C=C)cc7)cc5)(c5c(F)cc(F)c(F)c5F)c5ccccc5-6)cc43)cc2)cc1. The summed E-state index contributed by atoms with van der Waals surface area (Å²) in [4.78, 5) is 1.83. The Bertz CT molecular complexity index is 4990. The molecule has 0 fully saturated rings. The highest BCUT2D eigenvalue weighted by atomic mass is 19.2. The van der Waals surface area contributed by atoms with Gasteiger partial charge < -0.3 is 14.4 Å². The molecule has 0 N–H and O–H groups in total. The Labute approximate surface area is 546 Å². The molecule has 13 aromatic rings. The van der Waals surface area contributed by atoms with Gasteiger partial charge in [0, 0.05) is 40.3 Å². The van der Waals surface area contributed by atoms with Crippen molar-refractivity contribution in [2.45, 2.75) is 10.8 Å². The van der Waals surface area contributed by atoms with Crippen molar-refractivity contribution in [3.63, 3.8) is 0 Å². The highest BCUT2D eigenvalue weighted by molar-refractivity contribution is 5.93. The van der Waals surface area contributed by atoms with E-state index in [4.69, 9.17) is 9.47 Å². The molecule has 0 heterocycles. The Balaban J connectivity index is 0.967. The molecule has 2 aliphatic carbocycles. The lowest BCUT2D eigenvalue weighted by atomic mass is 9.67. The smallest absolute Gasteiger partial charge is 0.194 e. The summed E-state index contributed by atoms with van der Waals surface area (Å²) >= 11 is 0. The summed E-state index contributed by atoms with van der Waals surface area (Å²) in [6.45, 7) is 7.65. The normalized spacial score (nSPS) is 14.9. The van der Waals surface area contributed by atoms with E-state index in [1.807, 2.05) is 77.7 Å². The topological polar surface area (TPSA) is 21.7 Å². The van der Waals surface area contributed by atoms with E-state index in [1.165, 1.54) is 12.1 Å². The third kappa shape index (κ3) is 9.86. The van der Waals surface area contributed by atoms with Crippen LogP contribution in [0.3, 0.4) is 0 Å². The minimum absolute atomic E-state index is 0.250. The molecule has 2 unspecified atom stereocenters. The second-order valence-electron chi connectivity index (χ2n) is 23.5. The number of halogens is 9. The Morgan fingerprint density at radius 3 is 1.06 bits per heavy atom. The quantitative estimate of drug-likeness (QED) is 0.0580. The van der Waals surface area contributed by atoms with Crippen LogP contribution in [0.2, 0.25) is 0 Å². The van der Waals surface area contributed by atoms with E-state index in [0.29, 0.717) is 85.6 Å². The second kappa shape index (κ2) is 23.9. The molecule has 0 aromatic heterocycles. The molecular formula is C84H50F9NO2. The molecule has 466 valence electrons. The van der Waals surface area contributed by atoms with Crippen LogP contribution < -0.4 is 14.4 Å². The van der Waals surface area contributed by atoms with Crippen molar-refractivity contribution in [1.82, 2.24) is 0 Å². The first kappa shape index (κ1) is 60.4. The standard InChI is InChI=1S/C84H50F9NO2/c1-3-49-16-34-61(35-17-49)95-63-38-24-55(25-39-63)83(77-73(86)47-75(88)79(90)81(77)92)69-14-7-5-12-65(69)67-42-32-59(45-71(67)83)94(58-30-22-52(23-31-58)54-11-9-10-53(44-54)51-20-28-57(85)29-21-51)60-33-43-68-66-13-6-8-15-70(66)84(72(68)46-60,78-74(87)48-76(89)80(91)82(78)93)56-26-40-64(41-27-56)96-62-36-18-50(4-2)19-37-62/h3-48H,1-2H2. The van der Waals surface area contributed by atoms with Crippen LogP contribution in [0.5, 0.6) is 23.0 Å². The Morgan fingerprint density at radius 1 is 0.292 bits per heavy atom. The summed E-state index contributed by atoms with van der Waals surface area (Å²) in [7, 11) is 0. The number of hydrogen-bond donors (Lipinski definition) is 0. The highest BCUT2D eigenvalue weighted by Gasteiger charge is 2.52. The Hall–Kier alpha value is -11.9. The van der Waals surface area contributed by atoms with Gasteiger partial charge in [-0.3, -0.25) is 0 Å². The molecule has 2 atom stereocenters. The molecule has 0 spiro atoms.